The number of aliphatic carboxylic acids is 1. The minimum Gasteiger partial charge on any atom is -0.493 e. The molecule has 0 spiro atoms. The van der Waals surface area contributed by atoms with Crippen LogP contribution in [0.5, 0.6) is 17.2 Å². The summed E-state index contributed by atoms with van der Waals surface area (Å²) in [6.07, 6.45) is 2.46. The van der Waals surface area contributed by atoms with Gasteiger partial charge < -0.3 is 19.3 Å². The van der Waals surface area contributed by atoms with E-state index in [2.05, 4.69) is 6.07 Å². The Kier molecular flexibility index (Phi) is 6.52. The molecule has 2 aromatic carbocycles. The Hall–Kier alpha value is -3.53. The number of rotatable bonds is 9. The van der Waals surface area contributed by atoms with Crippen molar-refractivity contribution in [3.8, 4) is 34.4 Å². The van der Waals surface area contributed by atoms with Gasteiger partial charge in [0.15, 0.2) is 17.3 Å². The number of Topliss-reactive ketones (excluding diaryl/α,β-unsaturated/α-hetero) is 1. The molecule has 0 bridgehead atoms. The smallest absolute Gasteiger partial charge is 0.313 e. The SMILES string of the molecule is CCC(C#N)C(Oc1c(-c2ccc3c(c2)CCC3=O)ccc(OC)c1OC)C1(C(=O)O)CCC1. The summed E-state index contributed by atoms with van der Waals surface area (Å²) in [6, 6.07) is 11.5. The van der Waals surface area contributed by atoms with Gasteiger partial charge in [-0.15, -0.1) is 0 Å². The van der Waals surface area contributed by atoms with Crippen molar-refractivity contribution in [3.05, 3.63) is 41.5 Å². The van der Waals surface area contributed by atoms with Crippen LogP contribution in [0.2, 0.25) is 0 Å². The third kappa shape index (κ3) is 3.77. The second-order valence-corrected chi connectivity index (χ2v) is 8.97. The lowest BCUT2D eigenvalue weighted by Crippen LogP contribution is -2.53. The van der Waals surface area contributed by atoms with Gasteiger partial charge in [0, 0.05) is 17.5 Å². The van der Waals surface area contributed by atoms with Crippen molar-refractivity contribution in [3.63, 3.8) is 0 Å². The molecule has 1 N–H and O–H groups in total. The Morgan fingerprint density at radius 1 is 1.12 bits per heavy atom. The molecular weight excluding hydrogens is 434 g/mol. The molecule has 0 radical (unpaired) electrons. The van der Waals surface area contributed by atoms with Gasteiger partial charge in [0.1, 0.15) is 11.5 Å². The first-order chi connectivity index (χ1) is 16.4. The Bertz CT molecular complexity index is 1160. The highest BCUT2D eigenvalue weighted by atomic mass is 16.5. The average molecular weight is 464 g/mol. The number of carboxylic acids is 1. The van der Waals surface area contributed by atoms with E-state index in [1.165, 1.54) is 14.2 Å². The van der Waals surface area contributed by atoms with Crippen molar-refractivity contribution in [1.82, 2.24) is 0 Å². The van der Waals surface area contributed by atoms with E-state index in [9.17, 15) is 20.0 Å². The number of hydrogen-bond donors (Lipinski definition) is 1. The van der Waals surface area contributed by atoms with Gasteiger partial charge in [-0.25, -0.2) is 0 Å². The van der Waals surface area contributed by atoms with Crippen LogP contribution in [0.15, 0.2) is 30.3 Å². The van der Waals surface area contributed by atoms with Crippen LogP contribution in [-0.2, 0) is 11.2 Å². The van der Waals surface area contributed by atoms with Crippen molar-refractivity contribution in [2.24, 2.45) is 11.3 Å². The first kappa shape index (κ1) is 23.6. The summed E-state index contributed by atoms with van der Waals surface area (Å²) in [7, 11) is 3.03. The minimum atomic E-state index is -1.13. The Morgan fingerprint density at radius 3 is 2.41 bits per heavy atom. The molecule has 2 aliphatic rings. The highest BCUT2D eigenvalue weighted by molar-refractivity contribution is 6.01. The number of nitriles is 1. The van der Waals surface area contributed by atoms with Crippen LogP contribution >= 0.6 is 0 Å². The van der Waals surface area contributed by atoms with Crippen LogP contribution in [0, 0.1) is 22.7 Å². The maximum atomic E-state index is 12.4. The number of carboxylic acid groups (broad SMARTS) is 1. The second-order valence-electron chi connectivity index (χ2n) is 8.97. The third-order valence-electron chi connectivity index (χ3n) is 7.27. The quantitative estimate of drug-likeness (QED) is 0.554. The Balaban J connectivity index is 1.88. The predicted octanol–water partition coefficient (Wildman–Crippen LogP) is 5.05. The number of methoxy groups -OCH3 is 2. The van der Waals surface area contributed by atoms with Gasteiger partial charge in [-0.05, 0) is 48.9 Å². The summed E-state index contributed by atoms with van der Waals surface area (Å²) in [6.45, 7) is 1.86. The number of ether oxygens (including phenoxy) is 3. The molecule has 0 aromatic heterocycles. The zero-order valence-electron chi connectivity index (χ0n) is 19.7. The van der Waals surface area contributed by atoms with Gasteiger partial charge in [-0.3, -0.25) is 9.59 Å². The molecule has 2 aliphatic carbocycles. The van der Waals surface area contributed by atoms with Crippen LogP contribution in [0.1, 0.15) is 54.9 Å². The summed E-state index contributed by atoms with van der Waals surface area (Å²) in [5, 5.41) is 20.0. The van der Waals surface area contributed by atoms with E-state index in [4.69, 9.17) is 14.2 Å². The molecule has 2 atom stereocenters. The maximum Gasteiger partial charge on any atom is 0.313 e. The molecule has 0 amide bonds. The monoisotopic (exact) mass is 463 g/mol. The van der Waals surface area contributed by atoms with Crippen molar-refractivity contribution in [2.75, 3.05) is 14.2 Å². The number of carbonyl (C=O) groups excluding carboxylic acids is 1. The summed E-state index contributed by atoms with van der Waals surface area (Å²) in [5.41, 5.74) is 2.10. The lowest BCUT2D eigenvalue weighted by Gasteiger charge is -2.45. The van der Waals surface area contributed by atoms with Crippen molar-refractivity contribution >= 4 is 11.8 Å². The fraction of sp³-hybridized carbons (Fsp3) is 0.444. The predicted molar refractivity (Wildman–Crippen MR) is 125 cm³/mol. The summed E-state index contributed by atoms with van der Waals surface area (Å²) in [4.78, 5) is 24.5. The lowest BCUT2D eigenvalue weighted by atomic mass is 9.62. The van der Waals surface area contributed by atoms with Gasteiger partial charge >= 0.3 is 5.97 Å². The number of nitrogens with zero attached hydrogens (tertiary/aromatic N) is 1. The highest BCUT2D eigenvalue weighted by Gasteiger charge is 2.55. The van der Waals surface area contributed by atoms with E-state index in [0.29, 0.717) is 54.9 Å². The molecule has 0 heterocycles. The van der Waals surface area contributed by atoms with Crippen molar-refractivity contribution in [2.45, 2.75) is 51.6 Å². The van der Waals surface area contributed by atoms with Crippen molar-refractivity contribution in [1.29, 1.82) is 5.26 Å². The molecule has 178 valence electrons. The number of ketones is 1. The molecule has 1 fully saturated rings. The molecule has 1 saturated carbocycles. The van der Waals surface area contributed by atoms with Gasteiger partial charge in [-0.1, -0.05) is 31.5 Å². The summed E-state index contributed by atoms with van der Waals surface area (Å²) >= 11 is 0. The number of fused-ring (bicyclic) bond motifs is 1. The van der Waals surface area contributed by atoms with E-state index in [1.807, 2.05) is 31.2 Å². The third-order valence-corrected chi connectivity index (χ3v) is 7.27. The molecule has 7 heteroatoms. The summed E-state index contributed by atoms with van der Waals surface area (Å²) in [5.74, 6) is -0.292. The standard InChI is InChI=1S/C27H29NO6/c1-4-16(15-28)25(27(26(30)31)12-5-13-27)34-23-20(9-11-22(32-2)24(23)33-3)18-6-8-19-17(14-18)7-10-21(19)29/h6,8-9,11,14,16,25H,4-5,7,10,12-13H2,1-3H3,(H,30,31). The molecule has 7 nitrogen and oxygen atoms in total. The normalized spacial score (nSPS) is 17.6. The van der Waals surface area contributed by atoms with Gasteiger partial charge in [0.05, 0.1) is 26.2 Å². The topological polar surface area (TPSA) is 106 Å². The number of hydrogen-bond acceptors (Lipinski definition) is 6. The van der Waals surface area contributed by atoms with Crippen LogP contribution in [0.4, 0.5) is 0 Å². The van der Waals surface area contributed by atoms with Crippen molar-refractivity contribution < 1.29 is 28.9 Å². The summed E-state index contributed by atoms with van der Waals surface area (Å²) < 4.78 is 17.7. The zero-order valence-corrected chi connectivity index (χ0v) is 19.7. The number of aryl methyl sites for hydroxylation is 1. The highest BCUT2D eigenvalue weighted by Crippen LogP contribution is 2.52. The molecule has 2 aromatic rings. The van der Waals surface area contributed by atoms with Crippen LogP contribution in [0.25, 0.3) is 11.1 Å². The van der Waals surface area contributed by atoms with Crippen LogP contribution < -0.4 is 14.2 Å². The Labute approximate surface area is 199 Å². The second kappa shape index (κ2) is 9.38. The fourth-order valence-electron chi connectivity index (χ4n) is 5.12. The van der Waals surface area contributed by atoms with E-state index in [1.54, 1.807) is 6.07 Å². The van der Waals surface area contributed by atoms with Gasteiger partial charge in [-0.2, -0.15) is 5.26 Å². The molecule has 34 heavy (non-hydrogen) atoms. The molecule has 4 rings (SSSR count). The minimum absolute atomic E-state index is 0.138. The largest absolute Gasteiger partial charge is 0.493 e. The van der Waals surface area contributed by atoms with E-state index in [0.717, 1.165) is 23.1 Å². The average Bonchev–Trinajstić information content (AvgIpc) is 3.18. The van der Waals surface area contributed by atoms with Crippen LogP contribution in [0.3, 0.4) is 0 Å². The van der Waals surface area contributed by atoms with E-state index >= 15 is 0 Å². The van der Waals surface area contributed by atoms with E-state index < -0.39 is 23.4 Å². The first-order valence-electron chi connectivity index (χ1n) is 11.6. The zero-order chi connectivity index (χ0) is 24.5. The lowest BCUT2D eigenvalue weighted by molar-refractivity contribution is -0.166. The molecular formula is C27H29NO6. The Morgan fingerprint density at radius 2 is 1.85 bits per heavy atom. The van der Waals surface area contributed by atoms with Gasteiger partial charge in [0.25, 0.3) is 0 Å². The molecule has 0 aliphatic heterocycles. The first-order valence-corrected chi connectivity index (χ1v) is 11.6. The molecule has 0 saturated heterocycles. The van der Waals surface area contributed by atoms with Crippen LogP contribution in [-0.4, -0.2) is 37.2 Å². The molecule has 2 unspecified atom stereocenters. The number of carbonyl (C=O) groups is 2. The fourth-order valence-corrected chi connectivity index (χ4v) is 5.12. The van der Waals surface area contributed by atoms with Gasteiger partial charge in [0.2, 0.25) is 5.75 Å². The number of benzene rings is 2. The maximum absolute atomic E-state index is 12.4. The van der Waals surface area contributed by atoms with E-state index in [-0.39, 0.29) is 5.78 Å².